The SMILES string of the molecule is CSc1nc2n(n1)[C@@H](c1ccccc1F)C1=C(N2)c2ccccc2O[C@H]1c1ccccc1. The fourth-order valence-electron chi connectivity index (χ4n) is 4.44. The molecule has 2 aliphatic rings. The Morgan fingerprint density at radius 2 is 1.72 bits per heavy atom. The number of anilines is 1. The van der Waals surface area contributed by atoms with Crippen molar-refractivity contribution in [1.29, 1.82) is 0 Å². The van der Waals surface area contributed by atoms with E-state index in [9.17, 15) is 0 Å². The largest absolute Gasteiger partial charge is 0.480 e. The number of fused-ring (bicyclic) bond motifs is 3. The predicted molar refractivity (Wildman–Crippen MR) is 123 cm³/mol. The van der Waals surface area contributed by atoms with E-state index >= 15 is 4.39 Å². The molecule has 0 aliphatic carbocycles. The molecule has 0 spiro atoms. The Kier molecular flexibility index (Phi) is 4.50. The zero-order chi connectivity index (χ0) is 21.7. The van der Waals surface area contributed by atoms with E-state index in [1.807, 2.05) is 73.0 Å². The summed E-state index contributed by atoms with van der Waals surface area (Å²) in [7, 11) is 0. The third-order valence-electron chi connectivity index (χ3n) is 5.84. The average molecular weight is 443 g/mol. The number of rotatable bonds is 3. The molecule has 0 unspecified atom stereocenters. The van der Waals surface area contributed by atoms with Gasteiger partial charge in [0.15, 0.2) is 0 Å². The molecule has 5 nitrogen and oxygen atoms in total. The van der Waals surface area contributed by atoms with Crippen molar-refractivity contribution >= 4 is 23.4 Å². The zero-order valence-electron chi connectivity index (χ0n) is 17.2. The third-order valence-corrected chi connectivity index (χ3v) is 6.38. The molecular formula is C25H19FN4OS. The van der Waals surface area contributed by atoms with Gasteiger partial charge in [-0.25, -0.2) is 9.07 Å². The lowest BCUT2D eigenvalue weighted by atomic mass is 9.84. The fraction of sp³-hybridized carbons (Fsp3) is 0.120. The number of nitrogens with zero attached hydrogens (tertiary/aromatic N) is 3. The number of para-hydroxylation sites is 1. The molecule has 2 atom stereocenters. The zero-order valence-corrected chi connectivity index (χ0v) is 18.0. The first kappa shape index (κ1) is 19.1. The van der Waals surface area contributed by atoms with Crippen LogP contribution >= 0.6 is 11.8 Å². The molecule has 2 aliphatic heterocycles. The number of halogens is 1. The first-order chi connectivity index (χ1) is 15.7. The topological polar surface area (TPSA) is 52.0 Å². The summed E-state index contributed by atoms with van der Waals surface area (Å²) in [6, 6.07) is 24.3. The number of nitrogens with one attached hydrogen (secondary N) is 1. The Morgan fingerprint density at radius 1 is 0.969 bits per heavy atom. The average Bonchev–Trinajstić information content (AvgIpc) is 3.26. The number of benzene rings is 3. The van der Waals surface area contributed by atoms with Crippen molar-refractivity contribution < 1.29 is 9.13 Å². The van der Waals surface area contributed by atoms with Gasteiger partial charge in [0, 0.05) is 16.7 Å². The fourth-order valence-corrected chi connectivity index (χ4v) is 4.79. The van der Waals surface area contributed by atoms with E-state index in [1.54, 1.807) is 10.7 Å². The molecule has 32 heavy (non-hydrogen) atoms. The van der Waals surface area contributed by atoms with Crippen LogP contribution in [-0.2, 0) is 0 Å². The van der Waals surface area contributed by atoms with Crippen LogP contribution in [0.5, 0.6) is 5.75 Å². The Labute approximate surface area is 189 Å². The molecule has 0 fully saturated rings. The van der Waals surface area contributed by atoms with Gasteiger partial charge in [0.05, 0.1) is 5.70 Å². The second-order valence-electron chi connectivity index (χ2n) is 7.65. The van der Waals surface area contributed by atoms with Crippen LogP contribution in [0.4, 0.5) is 10.3 Å². The number of hydrogen-bond donors (Lipinski definition) is 1. The van der Waals surface area contributed by atoms with Crippen LogP contribution in [0, 0.1) is 5.82 Å². The van der Waals surface area contributed by atoms with Crippen LogP contribution < -0.4 is 10.1 Å². The monoisotopic (exact) mass is 442 g/mol. The van der Waals surface area contributed by atoms with E-state index in [2.05, 4.69) is 10.3 Å². The van der Waals surface area contributed by atoms with Crippen molar-refractivity contribution in [3.05, 3.63) is 107 Å². The molecule has 0 saturated heterocycles. The standard InChI is InChI=1S/C25H19FN4OS/c1-32-25-28-24-27-21-17-12-6-8-14-19(17)31-23(15-9-3-2-4-10-15)20(21)22(30(24)29-25)16-11-5-7-13-18(16)26/h2-14,22-23H,1H3,(H,27,28,29)/t22-,23-/m0/s1. The van der Waals surface area contributed by atoms with Crippen molar-refractivity contribution in [2.45, 2.75) is 17.3 Å². The van der Waals surface area contributed by atoms with Crippen molar-refractivity contribution in [1.82, 2.24) is 14.8 Å². The molecule has 0 saturated carbocycles. The summed E-state index contributed by atoms with van der Waals surface area (Å²) < 4.78 is 23.5. The Hall–Kier alpha value is -3.58. The first-order valence-corrected chi connectivity index (χ1v) is 11.5. The van der Waals surface area contributed by atoms with Crippen LogP contribution in [0.2, 0.25) is 0 Å². The molecule has 3 aromatic carbocycles. The predicted octanol–water partition coefficient (Wildman–Crippen LogP) is 5.70. The van der Waals surface area contributed by atoms with Gasteiger partial charge in [0.2, 0.25) is 11.1 Å². The lowest BCUT2D eigenvalue weighted by Gasteiger charge is -2.38. The summed E-state index contributed by atoms with van der Waals surface area (Å²) in [6.45, 7) is 0. The van der Waals surface area contributed by atoms with E-state index < -0.39 is 12.1 Å². The van der Waals surface area contributed by atoms with Gasteiger partial charge in [-0.15, -0.1) is 5.10 Å². The molecule has 0 radical (unpaired) electrons. The lowest BCUT2D eigenvalue weighted by molar-refractivity contribution is 0.222. The number of thioether (sulfide) groups is 1. The van der Waals surface area contributed by atoms with Crippen LogP contribution in [0.25, 0.3) is 5.70 Å². The highest BCUT2D eigenvalue weighted by Crippen LogP contribution is 2.51. The van der Waals surface area contributed by atoms with Gasteiger partial charge in [-0.05, 0) is 30.0 Å². The van der Waals surface area contributed by atoms with Gasteiger partial charge < -0.3 is 10.1 Å². The molecule has 6 rings (SSSR count). The molecule has 7 heteroatoms. The maximum absolute atomic E-state index is 15.2. The van der Waals surface area contributed by atoms with Gasteiger partial charge in [0.25, 0.3) is 0 Å². The number of aromatic nitrogens is 3. The van der Waals surface area contributed by atoms with Gasteiger partial charge in [-0.3, -0.25) is 0 Å². The van der Waals surface area contributed by atoms with Crippen molar-refractivity contribution in [3.63, 3.8) is 0 Å². The summed E-state index contributed by atoms with van der Waals surface area (Å²) in [5.74, 6) is 1.08. The molecule has 1 aromatic heterocycles. The smallest absolute Gasteiger partial charge is 0.227 e. The third kappa shape index (κ3) is 2.92. The molecular weight excluding hydrogens is 423 g/mol. The van der Waals surface area contributed by atoms with Gasteiger partial charge >= 0.3 is 0 Å². The highest BCUT2D eigenvalue weighted by atomic mass is 32.2. The van der Waals surface area contributed by atoms with Gasteiger partial charge in [-0.1, -0.05) is 72.4 Å². The van der Waals surface area contributed by atoms with Crippen LogP contribution in [-0.4, -0.2) is 21.0 Å². The Balaban J connectivity index is 1.66. The van der Waals surface area contributed by atoms with Crippen LogP contribution in [0.1, 0.15) is 28.8 Å². The van der Waals surface area contributed by atoms with Gasteiger partial charge in [-0.2, -0.15) is 4.98 Å². The molecule has 0 bridgehead atoms. The number of hydrogen-bond acceptors (Lipinski definition) is 5. The summed E-state index contributed by atoms with van der Waals surface area (Å²) in [5.41, 5.74) is 4.25. The maximum atomic E-state index is 15.2. The maximum Gasteiger partial charge on any atom is 0.227 e. The Morgan fingerprint density at radius 3 is 2.53 bits per heavy atom. The summed E-state index contributed by atoms with van der Waals surface area (Å²) in [6.07, 6.45) is 1.52. The van der Waals surface area contributed by atoms with E-state index in [0.717, 1.165) is 28.1 Å². The summed E-state index contributed by atoms with van der Waals surface area (Å²) in [5, 5.41) is 8.80. The van der Waals surface area contributed by atoms with E-state index in [0.29, 0.717) is 16.7 Å². The van der Waals surface area contributed by atoms with Crippen molar-refractivity contribution in [2.75, 3.05) is 11.6 Å². The minimum Gasteiger partial charge on any atom is -0.480 e. The van der Waals surface area contributed by atoms with E-state index in [1.165, 1.54) is 17.8 Å². The van der Waals surface area contributed by atoms with E-state index in [-0.39, 0.29) is 5.82 Å². The van der Waals surface area contributed by atoms with Crippen LogP contribution in [0.3, 0.4) is 0 Å². The molecule has 1 N–H and O–H groups in total. The summed E-state index contributed by atoms with van der Waals surface area (Å²) >= 11 is 1.45. The van der Waals surface area contributed by atoms with Crippen LogP contribution in [0.15, 0.2) is 89.6 Å². The molecule has 158 valence electrons. The highest BCUT2D eigenvalue weighted by molar-refractivity contribution is 7.98. The minimum atomic E-state index is -0.505. The van der Waals surface area contributed by atoms with Crippen molar-refractivity contribution in [2.24, 2.45) is 0 Å². The molecule has 3 heterocycles. The second-order valence-corrected chi connectivity index (χ2v) is 8.42. The molecule has 4 aromatic rings. The normalized spacial score (nSPS) is 18.8. The number of ether oxygens (including phenoxy) is 1. The lowest BCUT2D eigenvalue weighted by Crippen LogP contribution is -2.32. The quantitative estimate of drug-likeness (QED) is 0.413. The summed E-state index contributed by atoms with van der Waals surface area (Å²) in [4.78, 5) is 4.64. The second kappa shape index (κ2) is 7.53. The van der Waals surface area contributed by atoms with E-state index in [4.69, 9.17) is 9.84 Å². The first-order valence-electron chi connectivity index (χ1n) is 10.3. The van der Waals surface area contributed by atoms with Crippen molar-refractivity contribution in [3.8, 4) is 5.75 Å². The van der Waals surface area contributed by atoms with Gasteiger partial charge in [0.1, 0.15) is 23.7 Å². The highest BCUT2D eigenvalue weighted by Gasteiger charge is 2.42. The molecule has 0 amide bonds. The minimum absolute atomic E-state index is 0.288. The Bertz CT molecular complexity index is 1350.